The Morgan fingerprint density at radius 2 is 2.10 bits per heavy atom. The van der Waals surface area contributed by atoms with E-state index in [0.717, 1.165) is 16.2 Å². The molecule has 0 saturated carbocycles. The highest BCUT2D eigenvalue weighted by molar-refractivity contribution is 7.98. The summed E-state index contributed by atoms with van der Waals surface area (Å²) in [7, 11) is 0. The number of halogens is 3. The van der Waals surface area contributed by atoms with Crippen molar-refractivity contribution < 1.29 is 27.9 Å². The summed E-state index contributed by atoms with van der Waals surface area (Å²) in [5, 5.41) is 10.6. The number of carboxylic acid groups (broad SMARTS) is 1. The van der Waals surface area contributed by atoms with E-state index in [0.29, 0.717) is 9.77 Å². The Morgan fingerprint density at radius 3 is 2.57 bits per heavy atom. The van der Waals surface area contributed by atoms with Gasteiger partial charge in [0.1, 0.15) is 4.88 Å². The van der Waals surface area contributed by atoms with Crippen LogP contribution in [0.25, 0.3) is 0 Å². The zero-order valence-corrected chi connectivity index (χ0v) is 12.5. The molecule has 1 N–H and O–H groups in total. The minimum Gasteiger partial charge on any atom is -0.481 e. The zero-order valence-electron chi connectivity index (χ0n) is 10.9. The average Bonchev–Trinajstić information content (AvgIpc) is 3.03. The van der Waals surface area contributed by atoms with Crippen LogP contribution in [0, 0.1) is 11.8 Å². The number of rotatable bonds is 3. The van der Waals surface area contributed by atoms with Crippen molar-refractivity contribution in [2.24, 2.45) is 11.8 Å². The number of aliphatic carboxylic acids is 1. The van der Waals surface area contributed by atoms with E-state index >= 15 is 0 Å². The molecular weight excluding hydrogens is 327 g/mol. The fourth-order valence-electron chi connectivity index (χ4n) is 2.31. The summed E-state index contributed by atoms with van der Waals surface area (Å²) in [5.74, 6) is -5.68. The molecule has 116 valence electrons. The molecule has 4 nitrogen and oxygen atoms in total. The number of alkyl halides is 3. The Labute approximate surface area is 126 Å². The SMILES string of the molecule is CSc1ccsc1C(=O)N1C[C@@H](C(F)(F)F)[C@H](C(=O)O)C1. The third kappa shape index (κ3) is 3.18. The van der Waals surface area contributed by atoms with Crippen LogP contribution in [0.1, 0.15) is 9.67 Å². The Morgan fingerprint density at radius 1 is 1.43 bits per heavy atom. The number of hydrogen-bond acceptors (Lipinski definition) is 4. The molecule has 2 atom stereocenters. The smallest absolute Gasteiger partial charge is 0.394 e. The Balaban J connectivity index is 2.23. The molecule has 0 radical (unpaired) electrons. The van der Waals surface area contributed by atoms with E-state index in [4.69, 9.17) is 5.11 Å². The Bertz CT molecular complexity index is 558. The van der Waals surface area contributed by atoms with Crippen LogP contribution in [0.4, 0.5) is 13.2 Å². The summed E-state index contributed by atoms with van der Waals surface area (Å²) in [6.07, 6.45) is -2.86. The highest BCUT2D eigenvalue weighted by Gasteiger charge is 2.53. The van der Waals surface area contributed by atoms with Gasteiger partial charge in [0.25, 0.3) is 5.91 Å². The van der Waals surface area contributed by atoms with Gasteiger partial charge in [-0.3, -0.25) is 9.59 Å². The van der Waals surface area contributed by atoms with Gasteiger partial charge in [-0.25, -0.2) is 0 Å². The molecule has 1 aromatic rings. The van der Waals surface area contributed by atoms with Crippen LogP contribution in [0.15, 0.2) is 16.3 Å². The topological polar surface area (TPSA) is 57.6 Å². The third-order valence-corrected chi connectivity index (χ3v) is 5.20. The molecule has 1 fully saturated rings. The molecule has 2 rings (SSSR count). The Kier molecular flexibility index (Phi) is 4.52. The summed E-state index contributed by atoms with van der Waals surface area (Å²) >= 11 is 2.47. The van der Waals surface area contributed by atoms with Crippen LogP contribution in [-0.2, 0) is 4.79 Å². The molecule has 9 heteroatoms. The number of thiophene rings is 1. The summed E-state index contributed by atoms with van der Waals surface area (Å²) in [5.41, 5.74) is 0. The summed E-state index contributed by atoms with van der Waals surface area (Å²) < 4.78 is 38.7. The van der Waals surface area contributed by atoms with Crippen molar-refractivity contribution in [2.75, 3.05) is 19.3 Å². The van der Waals surface area contributed by atoms with Crippen molar-refractivity contribution in [1.29, 1.82) is 0 Å². The van der Waals surface area contributed by atoms with Gasteiger partial charge in [-0.15, -0.1) is 23.1 Å². The predicted molar refractivity (Wildman–Crippen MR) is 72.7 cm³/mol. The molecule has 1 aliphatic heterocycles. The molecule has 1 saturated heterocycles. The monoisotopic (exact) mass is 339 g/mol. The van der Waals surface area contributed by atoms with Crippen LogP contribution >= 0.6 is 23.1 Å². The van der Waals surface area contributed by atoms with Crippen LogP contribution in [0.2, 0.25) is 0 Å². The van der Waals surface area contributed by atoms with Crippen molar-refractivity contribution in [1.82, 2.24) is 4.90 Å². The van der Waals surface area contributed by atoms with E-state index in [-0.39, 0.29) is 0 Å². The first-order valence-corrected chi connectivity index (χ1v) is 8.06. The minimum absolute atomic E-state index is 0.356. The van der Waals surface area contributed by atoms with Gasteiger partial charge >= 0.3 is 12.1 Å². The van der Waals surface area contributed by atoms with Gasteiger partial charge in [-0.05, 0) is 17.7 Å². The van der Waals surface area contributed by atoms with E-state index in [9.17, 15) is 22.8 Å². The molecule has 0 aliphatic carbocycles. The molecule has 21 heavy (non-hydrogen) atoms. The first-order chi connectivity index (χ1) is 9.75. The number of nitrogens with zero attached hydrogens (tertiary/aromatic N) is 1. The fraction of sp³-hybridized carbons (Fsp3) is 0.500. The molecule has 0 bridgehead atoms. The van der Waals surface area contributed by atoms with Gasteiger partial charge in [-0.1, -0.05) is 0 Å². The first-order valence-electron chi connectivity index (χ1n) is 5.96. The van der Waals surface area contributed by atoms with Crippen molar-refractivity contribution >= 4 is 35.0 Å². The lowest BCUT2D eigenvalue weighted by atomic mass is 9.96. The lowest BCUT2D eigenvalue weighted by Gasteiger charge is -2.18. The summed E-state index contributed by atoms with van der Waals surface area (Å²) in [6, 6.07) is 1.72. The maximum atomic E-state index is 12.9. The second-order valence-electron chi connectivity index (χ2n) is 4.62. The second kappa shape index (κ2) is 5.88. The number of likely N-dealkylation sites (tertiary alicyclic amines) is 1. The summed E-state index contributed by atoms with van der Waals surface area (Å²) in [4.78, 5) is 25.3. The van der Waals surface area contributed by atoms with Crippen LogP contribution in [0.5, 0.6) is 0 Å². The molecular formula is C12H12F3NO3S2. The van der Waals surface area contributed by atoms with Crippen LogP contribution in [-0.4, -0.2) is 47.4 Å². The molecule has 0 unspecified atom stereocenters. The molecule has 1 aromatic heterocycles. The molecule has 0 spiro atoms. The van der Waals surface area contributed by atoms with Gasteiger partial charge in [0.2, 0.25) is 0 Å². The number of carbonyl (C=O) groups excluding carboxylic acids is 1. The maximum absolute atomic E-state index is 12.9. The lowest BCUT2D eigenvalue weighted by Crippen LogP contribution is -2.34. The van der Waals surface area contributed by atoms with Crippen molar-refractivity contribution in [3.05, 3.63) is 16.3 Å². The normalized spacial score (nSPS) is 22.6. The number of carboxylic acids is 1. The quantitative estimate of drug-likeness (QED) is 0.861. The highest BCUT2D eigenvalue weighted by Crippen LogP contribution is 2.39. The number of amides is 1. The standard InChI is InChI=1S/C12H12F3NO3S2/c1-20-8-2-3-21-9(8)10(17)16-4-6(11(18)19)7(5-16)12(13,14)15/h2-3,6-7H,4-5H2,1H3,(H,18,19)/t6-,7-/m1/s1. The minimum atomic E-state index is -4.63. The van der Waals surface area contributed by atoms with Gasteiger partial charge in [-0.2, -0.15) is 13.2 Å². The average molecular weight is 339 g/mol. The van der Waals surface area contributed by atoms with Crippen molar-refractivity contribution in [3.63, 3.8) is 0 Å². The third-order valence-electron chi connectivity index (χ3n) is 3.39. The Hall–Kier alpha value is -1.22. The number of thioether (sulfide) groups is 1. The van der Waals surface area contributed by atoms with Crippen LogP contribution < -0.4 is 0 Å². The second-order valence-corrected chi connectivity index (χ2v) is 6.39. The van der Waals surface area contributed by atoms with Gasteiger partial charge in [0.05, 0.1) is 11.8 Å². The van der Waals surface area contributed by atoms with E-state index < -0.39 is 43.0 Å². The number of carbonyl (C=O) groups is 2. The lowest BCUT2D eigenvalue weighted by molar-refractivity contribution is -0.187. The fourth-order valence-corrected chi connectivity index (χ4v) is 4.02. The molecule has 0 aromatic carbocycles. The van der Waals surface area contributed by atoms with Gasteiger partial charge in [0, 0.05) is 18.0 Å². The molecule has 1 aliphatic rings. The van der Waals surface area contributed by atoms with E-state index in [1.54, 1.807) is 17.7 Å². The van der Waals surface area contributed by atoms with E-state index in [1.165, 1.54) is 11.8 Å². The van der Waals surface area contributed by atoms with Crippen LogP contribution in [0.3, 0.4) is 0 Å². The largest absolute Gasteiger partial charge is 0.481 e. The van der Waals surface area contributed by atoms with Crippen molar-refractivity contribution in [2.45, 2.75) is 11.1 Å². The van der Waals surface area contributed by atoms with Gasteiger partial charge in [0.15, 0.2) is 0 Å². The summed E-state index contributed by atoms with van der Waals surface area (Å²) in [6.45, 7) is -1.02. The van der Waals surface area contributed by atoms with E-state index in [1.807, 2.05) is 0 Å². The molecule has 1 amide bonds. The predicted octanol–water partition coefficient (Wildman–Crippen LogP) is 2.81. The maximum Gasteiger partial charge on any atom is 0.394 e. The number of hydrogen-bond donors (Lipinski definition) is 1. The van der Waals surface area contributed by atoms with Gasteiger partial charge < -0.3 is 10.0 Å². The first kappa shape index (κ1) is 16.2. The van der Waals surface area contributed by atoms with Crippen molar-refractivity contribution in [3.8, 4) is 0 Å². The van der Waals surface area contributed by atoms with E-state index in [2.05, 4.69) is 0 Å². The highest BCUT2D eigenvalue weighted by atomic mass is 32.2. The molecule has 2 heterocycles. The zero-order chi connectivity index (χ0) is 15.8.